The lowest BCUT2D eigenvalue weighted by Gasteiger charge is -2.07. The van der Waals surface area contributed by atoms with Gasteiger partial charge in [-0.25, -0.2) is 0 Å². The van der Waals surface area contributed by atoms with Crippen molar-refractivity contribution in [2.24, 2.45) is 0 Å². The molecule has 0 saturated carbocycles. The van der Waals surface area contributed by atoms with Gasteiger partial charge in [-0.05, 0) is 34.9 Å². The van der Waals surface area contributed by atoms with Crippen molar-refractivity contribution in [3.05, 3.63) is 76.9 Å². The van der Waals surface area contributed by atoms with Crippen molar-refractivity contribution in [3.8, 4) is 0 Å². The first-order valence-corrected chi connectivity index (χ1v) is 7.21. The Balaban J connectivity index is 1.93. The first-order chi connectivity index (χ1) is 11.4. The topological polar surface area (TPSA) is 49.3 Å². The normalized spacial score (nSPS) is 11.7. The summed E-state index contributed by atoms with van der Waals surface area (Å²) in [6, 6.07) is 11.7. The van der Waals surface area contributed by atoms with Crippen LogP contribution < -0.4 is 5.32 Å². The average molecular weight is 335 g/mol. The van der Waals surface area contributed by atoms with Crippen molar-refractivity contribution in [2.75, 3.05) is 0 Å². The minimum absolute atomic E-state index is 0.118. The molecule has 3 nitrogen and oxygen atoms in total. The maximum atomic E-state index is 12.5. The molecule has 0 aliphatic carbocycles. The third kappa shape index (κ3) is 4.96. The van der Waals surface area contributed by atoms with Crippen molar-refractivity contribution < 1.29 is 23.1 Å². The van der Waals surface area contributed by atoms with E-state index in [1.807, 2.05) is 0 Å². The second kappa shape index (κ2) is 7.79. The van der Waals surface area contributed by atoms with Gasteiger partial charge in [0.1, 0.15) is 0 Å². The van der Waals surface area contributed by atoms with E-state index in [0.717, 1.165) is 23.3 Å². The van der Waals surface area contributed by atoms with E-state index in [0.29, 0.717) is 5.56 Å². The lowest BCUT2D eigenvalue weighted by molar-refractivity contribution is -0.137. The standard InChI is InChI=1S/C18H16F3NO2/c19-18(20,21)16-8-5-13(6-9-16)7-10-17(24)22-11-14-3-1-2-4-15(14)12-23/h1-10,23H,11-12H2,(H,22,24)/b10-7+. The van der Waals surface area contributed by atoms with Crippen molar-refractivity contribution in [1.29, 1.82) is 0 Å². The quantitative estimate of drug-likeness (QED) is 0.822. The lowest BCUT2D eigenvalue weighted by Crippen LogP contribution is -2.21. The van der Waals surface area contributed by atoms with Crippen LogP contribution in [0.2, 0.25) is 0 Å². The number of aliphatic hydroxyl groups excluding tert-OH is 1. The van der Waals surface area contributed by atoms with E-state index in [2.05, 4.69) is 5.32 Å². The van der Waals surface area contributed by atoms with Gasteiger partial charge in [0.25, 0.3) is 0 Å². The van der Waals surface area contributed by atoms with Crippen molar-refractivity contribution in [3.63, 3.8) is 0 Å². The van der Waals surface area contributed by atoms with Crippen LogP contribution in [0.3, 0.4) is 0 Å². The first kappa shape index (κ1) is 17.7. The van der Waals surface area contributed by atoms with Gasteiger partial charge in [-0.15, -0.1) is 0 Å². The summed E-state index contributed by atoms with van der Waals surface area (Å²) in [5.41, 5.74) is 1.29. The minimum atomic E-state index is -4.38. The summed E-state index contributed by atoms with van der Waals surface area (Å²) in [6.45, 7) is 0.139. The fraction of sp³-hybridized carbons (Fsp3) is 0.167. The maximum Gasteiger partial charge on any atom is 0.416 e. The summed E-state index contributed by atoms with van der Waals surface area (Å²) < 4.78 is 37.4. The zero-order valence-corrected chi connectivity index (χ0v) is 12.7. The highest BCUT2D eigenvalue weighted by molar-refractivity contribution is 5.91. The van der Waals surface area contributed by atoms with Gasteiger partial charge in [-0.3, -0.25) is 4.79 Å². The first-order valence-electron chi connectivity index (χ1n) is 7.21. The molecule has 0 radical (unpaired) electrons. The number of hydrogen-bond donors (Lipinski definition) is 2. The molecule has 2 aromatic rings. The number of rotatable bonds is 5. The number of aliphatic hydroxyl groups is 1. The van der Waals surface area contributed by atoms with E-state index >= 15 is 0 Å². The van der Waals surface area contributed by atoms with Gasteiger partial charge in [0.2, 0.25) is 5.91 Å². The Bertz CT molecular complexity index is 722. The molecular weight excluding hydrogens is 319 g/mol. The van der Waals surface area contributed by atoms with Gasteiger partial charge in [0.15, 0.2) is 0 Å². The minimum Gasteiger partial charge on any atom is -0.392 e. The molecule has 2 N–H and O–H groups in total. The fourth-order valence-electron chi connectivity index (χ4n) is 2.08. The van der Waals surface area contributed by atoms with Crippen molar-refractivity contribution in [1.82, 2.24) is 5.32 Å². The van der Waals surface area contributed by atoms with Crippen molar-refractivity contribution in [2.45, 2.75) is 19.3 Å². The number of carbonyl (C=O) groups excluding carboxylic acids is 1. The van der Waals surface area contributed by atoms with Crippen LogP contribution >= 0.6 is 0 Å². The molecule has 126 valence electrons. The Morgan fingerprint density at radius 2 is 1.67 bits per heavy atom. The Morgan fingerprint density at radius 3 is 2.25 bits per heavy atom. The molecule has 0 fully saturated rings. The summed E-state index contributed by atoms with van der Waals surface area (Å²) in [5, 5.41) is 11.9. The van der Waals surface area contributed by atoms with Crippen molar-refractivity contribution >= 4 is 12.0 Å². The Morgan fingerprint density at radius 1 is 1.04 bits per heavy atom. The van der Waals surface area contributed by atoms with Crippen LogP contribution in [0, 0.1) is 0 Å². The number of halogens is 3. The van der Waals surface area contributed by atoms with Gasteiger partial charge >= 0.3 is 6.18 Å². The van der Waals surface area contributed by atoms with Crippen LogP contribution in [-0.2, 0) is 24.1 Å². The Labute approximate surface area is 137 Å². The molecule has 0 spiro atoms. The third-order valence-electron chi connectivity index (χ3n) is 3.41. The van der Waals surface area contributed by atoms with Crippen LogP contribution in [0.15, 0.2) is 54.6 Å². The zero-order chi connectivity index (χ0) is 17.6. The third-order valence-corrected chi connectivity index (χ3v) is 3.41. The SMILES string of the molecule is O=C(/C=C/c1ccc(C(F)(F)F)cc1)NCc1ccccc1CO. The number of amides is 1. The summed E-state index contributed by atoms with van der Waals surface area (Å²) >= 11 is 0. The van der Waals surface area contributed by atoms with Crippen LogP contribution in [0.25, 0.3) is 6.08 Å². The molecular formula is C18H16F3NO2. The van der Waals surface area contributed by atoms with Gasteiger partial charge in [-0.2, -0.15) is 13.2 Å². The highest BCUT2D eigenvalue weighted by Gasteiger charge is 2.29. The molecule has 0 heterocycles. The Kier molecular flexibility index (Phi) is 5.76. The molecule has 0 atom stereocenters. The molecule has 2 rings (SSSR count). The molecule has 0 aromatic heterocycles. The second-order valence-electron chi connectivity index (χ2n) is 5.10. The summed E-state index contributed by atoms with van der Waals surface area (Å²) in [5.74, 6) is -0.373. The molecule has 0 unspecified atom stereocenters. The monoisotopic (exact) mass is 335 g/mol. The molecule has 0 saturated heterocycles. The van der Waals surface area contributed by atoms with Gasteiger partial charge in [0, 0.05) is 12.6 Å². The summed E-state index contributed by atoms with van der Waals surface area (Å²) in [7, 11) is 0. The highest BCUT2D eigenvalue weighted by atomic mass is 19.4. The van der Waals surface area contributed by atoms with E-state index in [1.54, 1.807) is 24.3 Å². The molecule has 0 aliphatic heterocycles. The predicted molar refractivity (Wildman–Crippen MR) is 84.7 cm³/mol. The summed E-state index contributed by atoms with van der Waals surface area (Å²) in [6.07, 6.45) is -1.68. The molecule has 0 aliphatic rings. The van der Waals surface area contributed by atoms with Crippen LogP contribution in [0.5, 0.6) is 0 Å². The highest BCUT2D eigenvalue weighted by Crippen LogP contribution is 2.29. The molecule has 2 aromatic carbocycles. The number of nitrogens with one attached hydrogen (secondary N) is 1. The van der Waals surface area contributed by atoms with E-state index in [1.165, 1.54) is 24.3 Å². The van der Waals surface area contributed by atoms with Gasteiger partial charge in [0.05, 0.1) is 12.2 Å². The number of benzene rings is 2. The van der Waals surface area contributed by atoms with Crippen LogP contribution in [0.1, 0.15) is 22.3 Å². The predicted octanol–water partition coefficient (Wildman–Crippen LogP) is 3.53. The van der Waals surface area contributed by atoms with Gasteiger partial charge < -0.3 is 10.4 Å². The van der Waals surface area contributed by atoms with E-state index < -0.39 is 11.7 Å². The average Bonchev–Trinajstić information content (AvgIpc) is 2.58. The summed E-state index contributed by atoms with van der Waals surface area (Å²) in [4.78, 5) is 11.8. The van der Waals surface area contributed by atoms with Crippen LogP contribution in [0.4, 0.5) is 13.2 Å². The molecule has 1 amide bonds. The number of alkyl halides is 3. The molecule has 24 heavy (non-hydrogen) atoms. The Hall–Kier alpha value is -2.60. The van der Waals surface area contributed by atoms with E-state index in [4.69, 9.17) is 0 Å². The number of carbonyl (C=O) groups is 1. The largest absolute Gasteiger partial charge is 0.416 e. The smallest absolute Gasteiger partial charge is 0.392 e. The zero-order valence-electron chi connectivity index (χ0n) is 12.7. The molecule has 0 bridgehead atoms. The lowest BCUT2D eigenvalue weighted by atomic mass is 10.1. The molecule has 6 heteroatoms. The second-order valence-corrected chi connectivity index (χ2v) is 5.10. The van der Waals surface area contributed by atoms with Gasteiger partial charge in [-0.1, -0.05) is 36.4 Å². The fourth-order valence-corrected chi connectivity index (χ4v) is 2.08. The van der Waals surface area contributed by atoms with Crippen LogP contribution in [-0.4, -0.2) is 11.0 Å². The number of hydrogen-bond acceptors (Lipinski definition) is 2. The van der Waals surface area contributed by atoms with E-state index in [9.17, 15) is 23.1 Å². The maximum absolute atomic E-state index is 12.5. The van der Waals surface area contributed by atoms with E-state index in [-0.39, 0.29) is 19.1 Å².